The molecule has 2 heterocycles. The number of rotatable bonds is 7. The van der Waals surface area contributed by atoms with Crippen LogP contribution in [0.2, 0.25) is 0 Å². The van der Waals surface area contributed by atoms with Crippen molar-refractivity contribution in [2.24, 2.45) is 11.8 Å². The van der Waals surface area contributed by atoms with Crippen molar-refractivity contribution in [2.75, 3.05) is 44.2 Å². The van der Waals surface area contributed by atoms with E-state index in [2.05, 4.69) is 46.3 Å². The molecule has 2 amide bonds. The highest BCUT2D eigenvalue weighted by molar-refractivity contribution is 5.86. The molecule has 1 aromatic heterocycles. The van der Waals surface area contributed by atoms with E-state index in [1.54, 1.807) is 0 Å². The van der Waals surface area contributed by atoms with Gasteiger partial charge in [0.05, 0.1) is 12.2 Å². The van der Waals surface area contributed by atoms with Gasteiger partial charge in [0.15, 0.2) is 5.82 Å². The van der Waals surface area contributed by atoms with Gasteiger partial charge >= 0.3 is 0 Å². The number of nitrogens with zero attached hydrogens (tertiary/aromatic N) is 5. The highest BCUT2D eigenvalue weighted by Gasteiger charge is 2.35. The zero-order valence-corrected chi connectivity index (χ0v) is 19.4. The Bertz CT molecular complexity index is 975. The zero-order chi connectivity index (χ0) is 22.8. The fraction of sp³-hybridized carbons (Fsp3) is 0.538. The molecule has 0 bridgehead atoms. The summed E-state index contributed by atoms with van der Waals surface area (Å²) < 4.78 is 0. The molecule has 1 saturated heterocycles. The predicted octanol–water partition coefficient (Wildman–Crippen LogP) is 3.14. The summed E-state index contributed by atoms with van der Waals surface area (Å²) in [6.45, 7) is 5.80. The number of carbonyl (C=O) groups excluding carboxylic acids is 2. The second kappa shape index (κ2) is 9.49. The topological polar surface area (TPSA) is 69.6 Å². The SMILES string of the molecule is Cc1ccc(-c2ccc(N3CCN(C(=O)CN(CC4CC4)C(=O)C4CCC4)CC3)nn2)cc1. The minimum atomic E-state index is 0.0729. The maximum absolute atomic E-state index is 13.0. The van der Waals surface area contributed by atoms with Gasteiger partial charge in [-0.15, -0.1) is 10.2 Å². The van der Waals surface area contributed by atoms with Crippen LogP contribution < -0.4 is 4.90 Å². The number of hydrogen-bond acceptors (Lipinski definition) is 5. The molecule has 7 heteroatoms. The number of hydrogen-bond donors (Lipinski definition) is 0. The van der Waals surface area contributed by atoms with Crippen molar-refractivity contribution in [3.63, 3.8) is 0 Å². The minimum Gasteiger partial charge on any atom is -0.352 e. The van der Waals surface area contributed by atoms with Crippen LogP contribution in [0.3, 0.4) is 0 Å². The Kier molecular flexibility index (Phi) is 6.29. The van der Waals surface area contributed by atoms with E-state index in [0.717, 1.165) is 56.0 Å². The van der Waals surface area contributed by atoms with Gasteiger partial charge in [-0.3, -0.25) is 9.59 Å². The lowest BCUT2D eigenvalue weighted by Gasteiger charge is -2.37. The van der Waals surface area contributed by atoms with Crippen LogP contribution in [0.1, 0.15) is 37.7 Å². The van der Waals surface area contributed by atoms with Crippen molar-refractivity contribution in [3.05, 3.63) is 42.0 Å². The maximum atomic E-state index is 13.0. The van der Waals surface area contributed by atoms with Crippen LogP contribution in [-0.2, 0) is 9.59 Å². The normalized spacial score (nSPS) is 18.7. The zero-order valence-electron chi connectivity index (χ0n) is 19.4. The molecular formula is C26H33N5O2. The van der Waals surface area contributed by atoms with E-state index in [9.17, 15) is 9.59 Å². The predicted molar refractivity (Wildman–Crippen MR) is 128 cm³/mol. The molecule has 174 valence electrons. The van der Waals surface area contributed by atoms with E-state index in [1.165, 1.54) is 18.4 Å². The van der Waals surface area contributed by atoms with E-state index in [4.69, 9.17) is 0 Å². The molecule has 0 radical (unpaired) electrons. The first-order chi connectivity index (χ1) is 16.1. The molecule has 1 aliphatic heterocycles. The largest absolute Gasteiger partial charge is 0.352 e. The molecule has 2 aromatic rings. The molecule has 2 saturated carbocycles. The molecule has 33 heavy (non-hydrogen) atoms. The molecule has 3 aliphatic rings. The van der Waals surface area contributed by atoms with Gasteiger partial charge in [0.25, 0.3) is 0 Å². The fourth-order valence-corrected chi connectivity index (χ4v) is 4.58. The summed E-state index contributed by atoms with van der Waals surface area (Å²) in [5, 5.41) is 8.85. The Balaban J connectivity index is 1.15. The van der Waals surface area contributed by atoms with Gasteiger partial charge < -0.3 is 14.7 Å². The molecule has 3 fully saturated rings. The molecule has 0 unspecified atom stereocenters. The van der Waals surface area contributed by atoms with Gasteiger partial charge in [0, 0.05) is 44.2 Å². The van der Waals surface area contributed by atoms with Crippen molar-refractivity contribution in [1.29, 1.82) is 0 Å². The third kappa shape index (κ3) is 5.18. The number of benzene rings is 1. The average Bonchev–Trinajstić information content (AvgIpc) is 3.62. The van der Waals surface area contributed by atoms with E-state index in [1.807, 2.05) is 21.9 Å². The fourth-order valence-electron chi connectivity index (χ4n) is 4.58. The Morgan fingerprint density at radius 2 is 1.67 bits per heavy atom. The van der Waals surface area contributed by atoms with Crippen LogP contribution in [0, 0.1) is 18.8 Å². The van der Waals surface area contributed by atoms with Gasteiger partial charge in [-0.25, -0.2) is 0 Å². The summed E-state index contributed by atoms with van der Waals surface area (Å²) in [4.78, 5) is 31.8. The van der Waals surface area contributed by atoms with E-state index in [0.29, 0.717) is 19.0 Å². The Hall–Kier alpha value is -2.96. The highest BCUT2D eigenvalue weighted by atomic mass is 16.2. The Labute approximate surface area is 195 Å². The summed E-state index contributed by atoms with van der Waals surface area (Å²) in [5.74, 6) is 1.86. The third-order valence-corrected chi connectivity index (χ3v) is 7.22. The molecule has 7 nitrogen and oxygen atoms in total. The number of aromatic nitrogens is 2. The summed E-state index contributed by atoms with van der Waals surface area (Å²) >= 11 is 0. The maximum Gasteiger partial charge on any atom is 0.242 e. The van der Waals surface area contributed by atoms with Gasteiger partial charge in [0.2, 0.25) is 11.8 Å². The van der Waals surface area contributed by atoms with Gasteiger partial charge in [-0.1, -0.05) is 36.2 Å². The Morgan fingerprint density at radius 1 is 0.939 bits per heavy atom. The average molecular weight is 448 g/mol. The molecule has 0 N–H and O–H groups in total. The minimum absolute atomic E-state index is 0.0729. The molecular weight excluding hydrogens is 414 g/mol. The van der Waals surface area contributed by atoms with Gasteiger partial charge in [0.1, 0.15) is 0 Å². The second-order valence-electron chi connectivity index (χ2n) is 9.80. The van der Waals surface area contributed by atoms with Crippen LogP contribution in [0.5, 0.6) is 0 Å². The lowest BCUT2D eigenvalue weighted by molar-refractivity contribution is -0.145. The molecule has 5 rings (SSSR count). The second-order valence-corrected chi connectivity index (χ2v) is 9.80. The highest BCUT2D eigenvalue weighted by Crippen LogP contribution is 2.33. The number of anilines is 1. The van der Waals surface area contributed by atoms with Crippen molar-refractivity contribution in [2.45, 2.75) is 39.0 Å². The van der Waals surface area contributed by atoms with Crippen molar-refractivity contribution < 1.29 is 9.59 Å². The third-order valence-electron chi connectivity index (χ3n) is 7.22. The first-order valence-electron chi connectivity index (χ1n) is 12.3. The first kappa shape index (κ1) is 21.9. The quantitative estimate of drug-likeness (QED) is 0.652. The lowest BCUT2D eigenvalue weighted by Crippen LogP contribution is -2.53. The molecule has 2 aliphatic carbocycles. The van der Waals surface area contributed by atoms with Crippen LogP contribution in [-0.4, -0.2) is 71.1 Å². The first-order valence-corrected chi connectivity index (χ1v) is 12.3. The number of piperazine rings is 1. The summed E-state index contributed by atoms with van der Waals surface area (Å²) in [6.07, 6.45) is 5.47. The molecule has 0 atom stereocenters. The van der Waals surface area contributed by atoms with Gasteiger partial charge in [-0.2, -0.15) is 0 Å². The Morgan fingerprint density at radius 3 is 2.24 bits per heavy atom. The van der Waals surface area contributed by atoms with Crippen LogP contribution in [0.15, 0.2) is 36.4 Å². The standard InChI is InChI=1S/C26H33N5O2/c1-19-5-9-21(10-6-19)23-11-12-24(28-27-23)29-13-15-30(16-14-29)25(32)18-31(17-20-7-8-20)26(33)22-3-2-4-22/h5-6,9-12,20,22H,2-4,7-8,13-18H2,1H3. The van der Waals surface area contributed by atoms with E-state index in [-0.39, 0.29) is 24.3 Å². The van der Waals surface area contributed by atoms with E-state index < -0.39 is 0 Å². The van der Waals surface area contributed by atoms with Gasteiger partial charge in [-0.05, 0) is 50.7 Å². The van der Waals surface area contributed by atoms with Crippen LogP contribution >= 0.6 is 0 Å². The number of carbonyl (C=O) groups is 2. The van der Waals surface area contributed by atoms with Crippen molar-refractivity contribution in [1.82, 2.24) is 20.0 Å². The molecule has 1 aromatic carbocycles. The molecule has 0 spiro atoms. The van der Waals surface area contributed by atoms with Crippen LogP contribution in [0.4, 0.5) is 5.82 Å². The monoisotopic (exact) mass is 447 g/mol. The van der Waals surface area contributed by atoms with Crippen molar-refractivity contribution >= 4 is 17.6 Å². The van der Waals surface area contributed by atoms with E-state index >= 15 is 0 Å². The number of aryl methyl sites for hydroxylation is 1. The smallest absolute Gasteiger partial charge is 0.242 e. The lowest BCUT2D eigenvalue weighted by atomic mass is 9.84. The van der Waals surface area contributed by atoms with Crippen molar-refractivity contribution in [3.8, 4) is 11.3 Å². The summed E-state index contributed by atoms with van der Waals surface area (Å²) in [6, 6.07) is 12.3. The van der Waals surface area contributed by atoms with Crippen LogP contribution in [0.25, 0.3) is 11.3 Å². The summed E-state index contributed by atoms with van der Waals surface area (Å²) in [7, 11) is 0. The number of amides is 2. The summed E-state index contributed by atoms with van der Waals surface area (Å²) in [5.41, 5.74) is 3.14.